The summed E-state index contributed by atoms with van der Waals surface area (Å²) in [6, 6.07) is 5.33. The first kappa shape index (κ1) is 17.0. The molecule has 2 rings (SSSR count). The van der Waals surface area contributed by atoms with E-state index in [-0.39, 0.29) is 16.1 Å². The number of rotatable bonds is 3. The van der Waals surface area contributed by atoms with Crippen molar-refractivity contribution in [2.45, 2.75) is 18.7 Å². The Bertz CT molecular complexity index is 896. The molecule has 0 radical (unpaired) electrons. The van der Waals surface area contributed by atoms with Crippen LogP contribution in [0.1, 0.15) is 21.5 Å². The minimum Gasteiger partial charge on any atom is -0.322 e. The summed E-state index contributed by atoms with van der Waals surface area (Å²) in [6.45, 7) is 3.35. The van der Waals surface area contributed by atoms with Crippen LogP contribution in [-0.2, 0) is 10.0 Å². The van der Waals surface area contributed by atoms with E-state index in [1.807, 2.05) is 0 Å². The summed E-state index contributed by atoms with van der Waals surface area (Å²) in [4.78, 5) is 12.0. The Morgan fingerprint density at radius 2 is 1.74 bits per heavy atom. The molecule has 0 saturated carbocycles. The van der Waals surface area contributed by atoms with Crippen LogP contribution in [0.3, 0.4) is 0 Å². The Balaban J connectivity index is 2.41. The van der Waals surface area contributed by atoms with Crippen molar-refractivity contribution in [3.8, 4) is 0 Å². The molecule has 0 aliphatic heterocycles. The zero-order chi connectivity index (χ0) is 17.4. The maximum atomic E-state index is 13.2. The zero-order valence-electron chi connectivity index (χ0n) is 12.4. The highest BCUT2D eigenvalue weighted by atomic mass is 32.2. The molecule has 122 valence electrons. The number of hydrogen-bond donors (Lipinski definition) is 2. The van der Waals surface area contributed by atoms with Crippen molar-refractivity contribution in [2.75, 3.05) is 5.32 Å². The van der Waals surface area contributed by atoms with E-state index < -0.39 is 27.6 Å². The number of nitrogens with two attached hydrogens (primary N) is 1. The number of carbonyl (C=O) groups is 1. The summed E-state index contributed by atoms with van der Waals surface area (Å²) in [5, 5.41) is 7.57. The summed E-state index contributed by atoms with van der Waals surface area (Å²) in [7, 11) is -3.94. The van der Waals surface area contributed by atoms with E-state index in [0.717, 1.165) is 18.2 Å². The number of amides is 1. The third-order valence-corrected chi connectivity index (χ3v) is 4.29. The van der Waals surface area contributed by atoms with E-state index in [0.29, 0.717) is 11.1 Å². The van der Waals surface area contributed by atoms with Crippen molar-refractivity contribution in [3.05, 3.63) is 58.7 Å². The normalized spacial score (nSPS) is 11.3. The lowest BCUT2D eigenvalue weighted by Crippen LogP contribution is -2.16. The summed E-state index contributed by atoms with van der Waals surface area (Å²) in [5.41, 5.74) is 1.37. The average molecular weight is 340 g/mol. The lowest BCUT2D eigenvalue weighted by molar-refractivity contribution is 0.102. The van der Waals surface area contributed by atoms with Crippen LogP contribution in [0.2, 0.25) is 0 Å². The summed E-state index contributed by atoms with van der Waals surface area (Å²) in [5.74, 6) is -2.91. The van der Waals surface area contributed by atoms with Crippen LogP contribution >= 0.6 is 0 Å². The highest BCUT2D eigenvalue weighted by Gasteiger charge is 2.16. The van der Waals surface area contributed by atoms with E-state index in [9.17, 15) is 22.0 Å². The predicted molar refractivity (Wildman–Crippen MR) is 81.6 cm³/mol. The molecule has 2 aromatic rings. The van der Waals surface area contributed by atoms with Gasteiger partial charge in [-0.3, -0.25) is 4.79 Å². The van der Waals surface area contributed by atoms with Gasteiger partial charge in [-0.1, -0.05) is 0 Å². The van der Waals surface area contributed by atoms with Crippen molar-refractivity contribution in [1.29, 1.82) is 0 Å². The van der Waals surface area contributed by atoms with Gasteiger partial charge in [0.15, 0.2) is 11.6 Å². The van der Waals surface area contributed by atoms with E-state index in [1.165, 1.54) is 12.1 Å². The summed E-state index contributed by atoms with van der Waals surface area (Å²) in [6.07, 6.45) is 0. The molecule has 1 amide bonds. The highest BCUT2D eigenvalue weighted by molar-refractivity contribution is 7.89. The van der Waals surface area contributed by atoms with E-state index >= 15 is 0 Å². The minimum atomic E-state index is -3.94. The molecule has 0 heterocycles. The average Bonchev–Trinajstić information content (AvgIpc) is 2.45. The van der Waals surface area contributed by atoms with E-state index in [4.69, 9.17) is 5.14 Å². The fourth-order valence-corrected chi connectivity index (χ4v) is 2.58. The zero-order valence-corrected chi connectivity index (χ0v) is 13.2. The number of benzene rings is 2. The standard InChI is InChI=1S/C15H14F2N2O3S/c1-8-5-11(23(18,21)22)7-14(9(8)2)19-15(20)10-3-4-12(16)13(17)6-10/h3-7H,1-2H3,(H,19,20)(H2,18,21,22). The first-order valence-electron chi connectivity index (χ1n) is 6.50. The molecule has 3 N–H and O–H groups in total. The number of halogens is 2. The van der Waals surface area contributed by atoms with Crippen molar-refractivity contribution in [2.24, 2.45) is 5.14 Å². The monoisotopic (exact) mass is 340 g/mol. The third-order valence-electron chi connectivity index (χ3n) is 3.40. The topological polar surface area (TPSA) is 89.3 Å². The largest absolute Gasteiger partial charge is 0.322 e. The van der Waals surface area contributed by atoms with Crippen molar-refractivity contribution < 1.29 is 22.0 Å². The van der Waals surface area contributed by atoms with Gasteiger partial charge in [-0.2, -0.15) is 0 Å². The smallest absolute Gasteiger partial charge is 0.255 e. The van der Waals surface area contributed by atoms with E-state index in [2.05, 4.69) is 5.32 Å². The van der Waals surface area contributed by atoms with Gasteiger partial charge in [0.25, 0.3) is 5.91 Å². The van der Waals surface area contributed by atoms with Crippen LogP contribution in [0, 0.1) is 25.5 Å². The molecule has 23 heavy (non-hydrogen) atoms. The van der Waals surface area contributed by atoms with Crippen LogP contribution in [0.4, 0.5) is 14.5 Å². The van der Waals surface area contributed by atoms with Crippen LogP contribution < -0.4 is 10.5 Å². The number of carbonyl (C=O) groups excluding carboxylic acids is 1. The molecule has 0 aliphatic carbocycles. The molecule has 0 aromatic heterocycles. The van der Waals surface area contributed by atoms with Crippen molar-refractivity contribution in [1.82, 2.24) is 0 Å². The molecule has 0 atom stereocenters. The fraction of sp³-hybridized carbons (Fsp3) is 0.133. The number of nitrogens with one attached hydrogen (secondary N) is 1. The first-order valence-corrected chi connectivity index (χ1v) is 8.04. The summed E-state index contributed by atoms with van der Waals surface area (Å²) >= 11 is 0. The van der Waals surface area contributed by atoms with E-state index in [1.54, 1.807) is 13.8 Å². The molecule has 8 heteroatoms. The van der Waals surface area contributed by atoms with Gasteiger partial charge in [-0.25, -0.2) is 22.3 Å². The lowest BCUT2D eigenvalue weighted by atomic mass is 10.1. The summed E-state index contributed by atoms with van der Waals surface area (Å²) < 4.78 is 49.0. The highest BCUT2D eigenvalue weighted by Crippen LogP contribution is 2.24. The van der Waals surface area contributed by atoms with Gasteiger partial charge in [0.1, 0.15) is 0 Å². The Morgan fingerprint density at radius 1 is 1.09 bits per heavy atom. The van der Waals surface area contributed by atoms with Crippen molar-refractivity contribution in [3.63, 3.8) is 0 Å². The minimum absolute atomic E-state index is 0.0954. The SMILES string of the molecule is Cc1cc(S(N)(=O)=O)cc(NC(=O)c2ccc(F)c(F)c2)c1C. The van der Waals surface area contributed by atoms with Gasteiger partial charge in [0.2, 0.25) is 10.0 Å². The Labute approximate surface area is 132 Å². The number of aryl methyl sites for hydroxylation is 1. The maximum Gasteiger partial charge on any atom is 0.255 e. The quantitative estimate of drug-likeness (QED) is 0.899. The van der Waals surface area contributed by atoms with Crippen molar-refractivity contribution >= 4 is 21.6 Å². The van der Waals surface area contributed by atoms with Crippen LogP contribution in [-0.4, -0.2) is 14.3 Å². The molecule has 0 aliphatic rings. The molecular formula is C15H14F2N2O3S. The second-order valence-electron chi connectivity index (χ2n) is 5.04. The predicted octanol–water partition coefficient (Wildman–Crippen LogP) is 2.48. The Hall–Kier alpha value is -2.32. The fourth-order valence-electron chi connectivity index (χ4n) is 1.95. The number of primary sulfonamides is 1. The van der Waals surface area contributed by atoms with Crippen LogP contribution in [0.15, 0.2) is 35.2 Å². The number of hydrogen-bond acceptors (Lipinski definition) is 3. The molecule has 0 bridgehead atoms. The third kappa shape index (κ3) is 3.72. The molecule has 5 nitrogen and oxygen atoms in total. The number of anilines is 1. The Morgan fingerprint density at radius 3 is 2.30 bits per heavy atom. The molecular weight excluding hydrogens is 326 g/mol. The first-order chi connectivity index (χ1) is 10.6. The number of sulfonamides is 1. The molecule has 0 fully saturated rings. The molecule has 2 aromatic carbocycles. The lowest BCUT2D eigenvalue weighted by Gasteiger charge is -2.13. The van der Waals surface area contributed by atoms with Gasteiger partial charge in [-0.15, -0.1) is 0 Å². The van der Waals surface area contributed by atoms with Gasteiger partial charge in [-0.05, 0) is 55.3 Å². The van der Waals surface area contributed by atoms with Gasteiger partial charge in [0.05, 0.1) is 4.90 Å². The van der Waals surface area contributed by atoms with Gasteiger partial charge >= 0.3 is 0 Å². The van der Waals surface area contributed by atoms with Crippen LogP contribution in [0.25, 0.3) is 0 Å². The Kier molecular flexibility index (Phi) is 4.49. The second-order valence-corrected chi connectivity index (χ2v) is 6.60. The molecule has 0 saturated heterocycles. The maximum absolute atomic E-state index is 13.2. The second kappa shape index (κ2) is 6.05. The van der Waals surface area contributed by atoms with Gasteiger partial charge < -0.3 is 5.32 Å². The molecule has 0 spiro atoms. The van der Waals surface area contributed by atoms with Crippen LogP contribution in [0.5, 0.6) is 0 Å². The molecule has 0 unspecified atom stereocenters. The van der Waals surface area contributed by atoms with Gasteiger partial charge in [0, 0.05) is 11.3 Å².